The van der Waals surface area contributed by atoms with Crippen LogP contribution in [0.2, 0.25) is 0 Å². The predicted octanol–water partition coefficient (Wildman–Crippen LogP) is 4.49. The van der Waals surface area contributed by atoms with E-state index in [2.05, 4.69) is 34.2 Å². The largest absolute Gasteiger partial charge is 0.371 e. The molecule has 0 N–H and O–H groups in total. The normalized spacial score (nSPS) is 15.9. The summed E-state index contributed by atoms with van der Waals surface area (Å²) in [6.07, 6.45) is 5.79. The van der Waals surface area contributed by atoms with Gasteiger partial charge in [-0.3, -0.25) is 14.1 Å². The van der Waals surface area contributed by atoms with Gasteiger partial charge in [0.1, 0.15) is 5.52 Å². The molecular weight excluding hydrogens is 440 g/mol. The van der Waals surface area contributed by atoms with Crippen LogP contribution in [0.4, 0.5) is 0 Å². The second kappa shape index (κ2) is 9.87. The molecule has 0 bridgehead atoms. The second-order valence-corrected chi connectivity index (χ2v) is 9.80. The standard InChI is InChI=1S/C27H34N6O2/c1-18(2)33-25-22-16-20(8-11-24(22)29-30-26(25)31(4)27(33)34)21-9-10-23(28-17-21)19(3)35-15-14-32-12-6-5-7-13-32/h8-11,16-19H,5-7,12-15H2,1-4H3/t19-/m1/s1. The summed E-state index contributed by atoms with van der Waals surface area (Å²) >= 11 is 0. The van der Waals surface area contributed by atoms with Gasteiger partial charge in [0.05, 0.1) is 23.9 Å². The van der Waals surface area contributed by atoms with Crippen molar-refractivity contribution in [2.45, 2.75) is 52.2 Å². The van der Waals surface area contributed by atoms with Crippen LogP contribution >= 0.6 is 0 Å². The molecule has 8 heteroatoms. The van der Waals surface area contributed by atoms with E-state index in [-0.39, 0.29) is 17.8 Å². The van der Waals surface area contributed by atoms with Crippen molar-refractivity contribution in [3.63, 3.8) is 0 Å². The van der Waals surface area contributed by atoms with E-state index < -0.39 is 0 Å². The first-order valence-corrected chi connectivity index (χ1v) is 12.6. The van der Waals surface area contributed by atoms with E-state index in [1.165, 1.54) is 32.4 Å². The van der Waals surface area contributed by atoms with E-state index in [4.69, 9.17) is 9.72 Å². The predicted molar refractivity (Wildman–Crippen MR) is 139 cm³/mol. The van der Waals surface area contributed by atoms with Gasteiger partial charge in [-0.1, -0.05) is 18.6 Å². The van der Waals surface area contributed by atoms with Gasteiger partial charge in [-0.05, 0) is 70.5 Å². The van der Waals surface area contributed by atoms with Crippen molar-refractivity contribution in [1.29, 1.82) is 0 Å². The minimum absolute atomic E-state index is 0.0135. The van der Waals surface area contributed by atoms with E-state index in [1.54, 1.807) is 16.2 Å². The quantitative estimate of drug-likeness (QED) is 0.393. The summed E-state index contributed by atoms with van der Waals surface area (Å²) in [5.41, 5.74) is 5.06. The molecule has 1 aliphatic heterocycles. The highest BCUT2D eigenvalue weighted by atomic mass is 16.5. The molecule has 0 unspecified atom stereocenters. The molecule has 4 aromatic rings. The first-order chi connectivity index (χ1) is 16.9. The highest BCUT2D eigenvalue weighted by molar-refractivity contribution is 6.02. The van der Waals surface area contributed by atoms with Crippen molar-refractivity contribution in [3.05, 3.63) is 52.7 Å². The Labute approximate surface area is 205 Å². The van der Waals surface area contributed by atoms with Crippen LogP contribution < -0.4 is 5.69 Å². The van der Waals surface area contributed by atoms with E-state index in [1.807, 2.05) is 38.2 Å². The average molecular weight is 475 g/mol. The minimum atomic E-state index is -0.0810. The molecule has 0 amide bonds. The molecular formula is C27H34N6O2. The first kappa shape index (κ1) is 23.6. The summed E-state index contributed by atoms with van der Waals surface area (Å²) in [5, 5.41) is 9.60. The van der Waals surface area contributed by atoms with E-state index in [0.717, 1.165) is 46.4 Å². The Morgan fingerprint density at radius 3 is 2.49 bits per heavy atom. The van der Waals surface area contributed by atoms with E-state index in [0.29, 0.717) is 5.65 Å². The number of benzene rings is 1. The lowest BCUT2D eigenvalue weighted by atomic mass is 10.0. The number of fused-ring (bicyclic) bond motifs is 3. The van der Waals surface area contributed by atoms with Crippen LogP contribution in [0.1, 0.15) is 57.9 Å². The SMILES string of the molecule is CC(C)n1c(=O)n(C)c2nnc3ccc(-c4ccc([C@@H](C)OCCN5CCCCC5)nc4)cc3c21. The Bertz CT molecular complexity index is 1380. The Hall–Kier alpha value is -3.10. The third-order valence-electron chi connectivity index (χ3n) is 7.04. The van der Waals surface area contributed by atoms with Crippen LogP contribution in [0.5, 0.6) is 0 Å². The number of hydrogen-bond donors (Lipinski definition) is 0. The number of nitrogens with zero attached hydrogens (tertiary/aromatic N) is 6. The van der Waals surface area contributed by atoms with Crippen LogP contribution in [0.15, 0.2) is 41.3 Å². The van der Waals surface area contributed by atoms with Gasteiger partial charge >= 0.3 is 5.69 Å². The van der Waals surface area contributed by atoms with Crippen molar-refractivity contribution in [2.75, 3.05) is 26.2 Å². The monoisotopic (exact) mass is 474 g/mol. The summed E-state index contributed by atoms with van der Waals surface area (Å²) in [6.45, 7) is 10.2. The van der Waals surface area contributed by atoms with Crippen molar-refractivity contribution in [2.24, 2.45) is 7.05 Å². The second-order valence-electron chi connectivity index (χ2n) is 9.80. The zero-order valence-electron chi connectivity index (χ0n) is 21.1. The van der Waals surface area contributed by atoms with E-state index >= 15 is 0 Å². The maximum atomic E-state index is 12.8. The number of ether oxygens (including phenoxy) is 1. The highest BCUT2D eigenvalue weighted by Crippen LogP contribution is 2.29. The molecule has 1 aliphatic rings. The topological polar surface area (TPSA) is 78.1 Å². The third kappa shape index (κ3) is 4.60. The fraction of sp³-hybridized carbons (Fsp3) is 0.481. The summed E-state index contributed by atoms with van der Waals surface area (Å²) in [4.78, 5) is 20.0. The molecule has 0 spiro atoms. The fourth-order valence-electron chi connectivity index (χ4n) is 5.00. The smallest absolute Gasteiger partial charge is 0.330 e. The van der Waals surface area contributed by atoms with Gasteiger partial charge in [0.25, 0.3) is 0 Å². The first-order valence-electron chi connectivity index (χ1n) is 12.6. The Kier molecular flexibility index (Phi) is 6.67. The van der Waals surface area contributed by atoms with Crippen LogP contribution in [0, 0.1) is 0 Å². The molecule has 5 rings (SSSR count). The molecule has 0 aliphatic carbocycles. The van der Waals surface area contributed by atoms with Gasteiger partial charge in [0.15, 0.2) is 5.65 Å². The van der Waals surface area contributed by atoms with Gasteiger partial charge in [-0.2, -0.15) is 0 Å². The molecule has 1 atom stereocenters. The maximum Gasteiger partial charge on any atom is 0.330 e. The van der Waals surface area contributed by atoms with Gasteiger partial charge < -0.3 is 9.64 Å². The Morgan fingerprint density at radius 2 is 1.77 bits per heavy atom. The number of piperidine rings is 1. The fourth-order valence-corrected chi connectivity index (χ4v) is 5.00. The molecule has 8 nitrogen and oxygen atoms in total. The molecule has 1 aromatic carbocycles. The molecule has 1 fully saturated rings. The van der Waals surface area contributed by atoms with Crippen molar-refractivity contribution < 1.29 is 4.74 Å². The summed E-state index contributed by atoms with van der Waals surface area (Å²) < 4.78 is 9.44. The zero-order chi connectivity index (χ0) is 24.5. The number of likely N-dealkylation sites (tertiary alicyclic amines) is 1. The number of aryl methyl sites for hydroxylation is 1. The van der Waals surface area contributed by atoms with Gasteiger partial charge in [0.2, 0.25) is 0 Å². The van der Waals surface area contributed by atoms with Crippen LogP contribution in [-0.2, 0) is 11.8 Å². The Balaban J connectivity index is 1.38. The molecule has 3 aromatic heterocycles. The molecule has 0 saturated carbocycles. The van der Waals surface area contributed by atoms with Gasteiger partial charge in [-0.15, -0.1) is 10.2 Å². The lowest BCUT2D eigenvalue weighted by molar-refractivity contribution is 0.0419. The minimum Gasteiger partial charge on any atom is -0.371 e. The van der Waals surface area contributed by atoms with Crippen LogP contribution in [-0.4, -0.2) is 55.5 Å². The average Bonchev–Trinajstić information content (AvgIpc) is 3.14. The number of rotatable bonds is 7. The molecule has 1 saturated heterocycles. The summed E-state index contributed by atoms with van der Waals surface area (Å²) in [6, 6.07) is 10.2. The van der Waals surface area contributed by atoms with Crippen molar-refractivity contribution in [3.8, 4) is 11.1 Å². The number of hydrogen-bond acceptors (Lipinski definition) is 6. The lowest BCUT2D eigenvalue weighted by Gasteiger charge is -2.26. The molecule has 35 heavy (non-hydrogen) atoms. The van der Waals surface area contributed by atoms with Gasteiger partial charge in [0, 0.05) is 36.8 Å². The summed E-state index contributed by atoms with van der Waals surface area (Å²) in [7, 11) is 1.74. The van der Waals surface area contributed by atoms with Gasteiger partial charge in [-0.25, -0.2) is 4.79 Å². The lowest BCUT2D eigenvalue weighted by Crippen LogP contribution is -2.32. The third-order valence-corrected chi connectivity index (χ3v) is 7.04. The maximum absolute atomic E-state index is 12.8. The zero-order valence-corrected chi connectivity index (χ0v) is 21.1. The molecule has 4 heterocycles. The highest BCUT2D eigenvalue weighted by Gasteiger charge is 2.18. The van der Waals surface area contributed by atoms with Crippen LogP contribution in [0.3, 0.4) is 0 Å². The van der Waals surface area contributed by atoms with E-state index in [9.17, 15) is 4.79 Å². The number of imidazole rings is 1. The Morgan fingerprint density at radius 1 is 1.00 bits per heavy atom. The van der Waals surface area contributed by atoms with Crippen LogP contribution in [0.25, 0.3) is 33.2 Å². The molecule has 0 radical (unpaired) electrons. The molecule has 184 valence electrons. The summed E-state index contributed by atoms with van der Waals surface area (Å²) in [5.74, 6) is 0. The number of aromatic nitrogens is 5. The van der Waals surface area contributed by atoms with Crippen molar-refractivity contribution in [1.82, 2.24) is 29.2 Å². The number of pyridine rings is 1. The van der Waals surface area contributed by atoms with Crippen molar-refractivity contribution >= 4 is 22.1 Å².